The van der Waals surface area contributed by atoms with Crippen molar-refractivity contribution in [2.24, 2.45) is 0 Å². The van der Waals surface area contributed by atoms with Crippen LogP contribution in [0.3, 0.4) is 0 Å². The third kappa shape index (κ3) is 5.66. The summed E-state index contributed by atoms with van der Waals surface area (Å²) in [6.45, 7) is 3.78. The Morgan fingerprint density at radius 1 is 0.875 bits per heavy atom. The molecule has 6 nitrogen and oxygen atoms in total. The van der Waals surface area contributed by atoms with Crippen molar-refractivity contribution in [3.8, 4) is 11.5 Å². The molecule has 3 rings (SSSR count). The van der Waals surface area contributed by atoms with Crippen molar-refractivity contribution in [2.45, 2.75) is 32.4 Å². The third-order valence-corrected chi connectivity index (χ3v) is 5.08. The van der Waals surface area contributed by atoms with Gasteiger partial charge in [-0.05, 0) is 43.2 Å². The maximum atomic E-state index is 13.0. The number of methoxy groups -OCH3 is 1. The van der Waals surface area contributed by atoms with E-state index in [4.69, 9.17) is 9.47 Å². The van der Waals surface area contributed by atoms with Gasteiger partial charge in [0.1, 0.15) is 0 Å². The van der Waals surface area contributed by atoms with Gasteiger partial charge < -0.3 is 20.1 Å². The summed E-state index contributed by atoms with van der Waals surface area (Å²) in [6, 6.07) is 23.6. The normalized spacial score (nSPS) is 12.3. The van der Waals surface area contributed by atoms with Gasteiger partial charge in [0, 0.05) is 0 Å². The van der Waals surface area contributed by atoms with Gasteiger partial charge in [0.25, 0.3) is 11.8 Å². The average Bonchev–Trinajstić information content (AvgIpc) is 2.83. The van der Waals surface area contributed by atoms with Crippen LogP contribution in [-0.4, -0.2) is 25.0 Å². The van der Waals surface area contributed by atoms with Gasteiger partial charge in [-0.3, -0.25) is 9.59 Å². The van der Waals surface area contributed by atoms with Crippen LogP contribution in [0.25, 0.3) is 0 Å². The molecule has 0 aliphatic rings. The van der Waals surface area contributed by atoms with Gasteiger partial charge in [-0.2, -0.15) is 0 Å². The monoisotopic (exact) mass is 432 g/mol. The van der Waals surface area contributed by atoms with Crippen molar-refractivity contribution in [1.82, 2.24) is 5.32 Å². The molecule has 32 heavy (non-hydrogen) atoms. The number of ether oxygens (including phenoxy) is 2. The third-order valence-electron chi connectivity index (χ3n) is 5.08. The van der Waals surface area contributed by atoms with E-state index in [1.54, 1.807) is 43.5 Å². The van der Waals surface area contributed by atoms with Gasteiger partial charge in [0.05, 0.1) is 24.4 Å². The SMILES string of the molecule is CCC(Oc1ccccc1OC)C(=O)Nc1ccccc1C(=O)NC(C)c1ccccc1. The Balaban J connectivity index is 1.73. The Labute approximate surface area is 188 Å². The number of anilines is 1. The number of rotatable bonds is 9. The Hall–Kier alpha value is -3.80. The highest BCUT2D eigenvalue weighted by Gasteiger charge is 2.22. The van der Waals surface area contributed by atoms with E-state index in [0.717, 1.165) is 5.56 Å². The van der Waals surface area contributed by atoms with Crippen molar-refractivity contribution in [2.75, 3.05) is 12.4 Å². The van der Waals surface area contributed by atoms with Crippen LogP contribution in [0, 0.1) is 0 Å². The molecule has 0 radical (unpaired) electrons. The highest BCUT2D eigenvalue weighted by atomic mass is 16.5. The van der Waals surface area contributed by atoms with E-state index >= 15 is 0 Å². The predicted molar refractivity (Wildman–Crippen MR) is 125 cm³/mol. The van der Waals surface area contributed by atoms with Gasteiger partial charge >= 0.3 is 0 Å². The number of benzene rings is 3. The van der Waals surface area contributed by atoms with Crippen molar-refractivity contribution >= 4 is 17.5 Å². The molecule has 0 heterocycles. The van der Waals surface area contributed by atoms with Gasteiger partial charge in [0.2, 0.25) is 0 Å². The minimum Gasteiger partial charge on any atom is -0.493 e. The van der Waals surface area contributed by atoms with Crippen LogP contribution in [0.4, 0.5) is 5.69 Å². The van der Waals surface area contributed by atoms with Gasteiger partial charge in [-0.15, -0.1) is 0 Å². The molecular formula is C26H28N2O4. The summed E-state index contributed by atoms with van der Waals surface area (Å²) in [5.74, 6) is 0.429. The lowest BCUT2D eigenvalue weighted by molar-refractivity contribution is -0.122. The van der Waals surface area contributed by atoms with E-state index in [2.05, 4.69) is 10.6 Å². The molecule has 0 spiro atoms. The molecule has 2 N–H and O–H groups in total. The van der Waals surface area contributed by atoms with Gasteiger partial charge in [-0.25, -0.2) is 0 Å². The van der Waals surface area contributed by atoms with E-state index in [9.17, 15) is 9.59 Å². The molecule has 6 heteroatoms. The predicted octanol–water partition coefficient (Wildman–Crippen LogP) is 4.98. The molecule has 0 saturated carbocycles. The van der Waals surface area contributed by atoms with E-state index in [0.29, 0.717) is 29.2 Å². The van der Waals surface area contributed by atoms with Crippen molar-refractivity contribution in [3.05, 3.63) is 90.0 Å². The summed E-state index contributed by atoms with van der Waals surface area (Å²) in [6.07, 6.45) is -0.297. The second-order valence-corrected chi connectivity index (χ2v) is 7.31. The molecular weight excluding hydrogens is 404 g/mol. The average molecular weight is 433 g/mol. The van der Waals surface area contributed by atoms with Gasteiger partial charge in [0.15, 0.2) is 17.6 Å². The van der Waals surface area contributed by atoms with Crippen LogP contribution in [0.1, 0.15) is 42.2 Å². The summed E-state index contributed by atoms with van der Waals surface area (Å²) in [4.78, 5) is 25.9. The van der Waals surface area contributed by atoms with Gasteiger partial charge in [-0.1, -0.05) is 61.5 Å². The van der Waals surface area contributed by atoms with Crippen LogP contribution in [-0.2, 0) is 4.79 Å². The highest BCUT2D eigenvalue weighted by Crippen LogP contribution is 2.28. The highest BCUT2D eigenvalue weighted by molar-refractivity contribution is 6.04. The minimum absolute atomic E-state index is 0.176. The summed E-state index contributed by atoms with van der Waals surface area (Å²) >= 11 is 0. The lowest BCUT2D eigenvalue weighted by Gasteiger charge is -2.20. The maximum Gasteiger partial charge on any atom is 0.265 e. The Kier molecular flexibility index (Phi) is 7.86. The van der Waals surface area contributed by atoms with E-state index in [1.165, 1.54) is 0 Å². The number of hydrogen-bond acceptors (Lipinski definition) is 4. The molecule has 2 unspecified atom stereocenters. The van der Waals surface area contributed by atoms with E-state index < -0.39 is 6.10 Å². The molecule has 2 atom stereocenters. The van der Waals surface area contributed by atoms with E-state index in [-0.39, 0.29) is 17.9 Å². The molecule has 0 fully saturated rings. The molecule has 3 aromatic carbocycles. The summed E-state index contributed by atoms with van der Waals surface area (Å²) < 4.78 is 11.2. The molecule has 166 valence electrons. The lowest BCUT2D eigenvalue weighted by Crippen LogP contribution is -2.34. The van der Waals surface area contributed by atoms with Crippen molar-refractivity contribution in [3.63, 3.8) is 0 Å². The number of carbonyl (C=O) groups excluding carboxylic acids is 2. The fraction of sp³-hybridized carbons (Fsp3) is 0.231. The second-order valence-electron chi connectivity index (χ2n) is 7.31. The first kappa shape index (κ1) is 22.9. The zero-order valence-electron chi connectivity index (χ0n) is 18.5. The smallest absolute Gasteiger partial charge is 0.265 e. The van der Waals surface area contributed by atoms with Crippen LogP contribution >= 0.6 is 0 Å². The minimum atomic E-state index is -0.745. The largest absolute Gasteiger partial charge is 0.493 e. The first-order valence-corrected chi connectivity index (χ1v) is 10.6. The van der Waals surface area contributed by atoms with Crippen molar-refractivity contribution < 1.29 is 19.1 Å². The first-order chi connectivity index (χ1) is 15.5. The number of nitrogens with one attached hydrogen (secondary N) is 2. The Bertz CT molecular complexity index is 1050. The lowest BCUT2D eigenvalue weighted by atomic mass is 10.1. The fourth-order valence-corrected chi connectivity index (χ4v) is 3.29. The Morgan fingerprint density at radius 2 is 1.50 bits per heavy atom. The first-order valence-electron chi connectivity index (χ1n) is 10.6. The number of para-hydroxylation sites is 3. The number of amides is 2. The summed E-state index contributed by atoms with van der Waals surface area (Å²) in [5.41, 5.74) is 1.81. The topological polar surface area (TPSA) is 76.7 Å². The molecule has 0 bridgehead atoms. The summed E-state index contributed by atoms with van der Waals surface area (Å²) in [7, 11) is 1.55. The molecule has 3 aromatic rings. The number of hydrogen-bond donors (Lipinski definition) is 2. The van der Waals surface area contributed by atoms with Crippen LogP contribution in [0.5, 0.6) is 11.5 Å². The van der Waals surface area contributed by atoms with Crippen molar-refractivity contribution in [1.29, 1.82) is 0 Å². The fourth-order valence-electron chi connectivity index (χ4n) is 3.29. The van der Waals surface area contributed by atoms with Crippen LogP contribution in [0.2, 0.25) is 0 Å². The molecule has 0 aliphatic heterocycles. The molecule has 0 saturated heterocycles. The molecule has 0 aromatic heterocycles. The van der Waals surface area contributed by atoms with E-state index in [1.807, 2.05) is 56.3 Å². The zero-order chi connectivity index (χ0) is 22.9. The zero-order valence-corrected chi connectivity index (χ0v) is 18.5. The van der Waals surface area contributed by atoms with Crippen LogP contribution < -0.4 is 20.1 Å². The standard InChI is InChI=1S/C26H28N2O4/c1-4-22(32-24-17-11-10-16-23(24)31-3)26(30)28-21-15-9-8-14-20(21)25(29)27-18(2)19-12-6-5-7-13-19/h5-18,22H,4H2,1-3H3,(H,27,29)(H,28,30). The maximum absolute atomic E-state index is 13.0. The second kappa shape index (κ2) is 11.0. The van der Waals surface area contributed by atoms with Crippen LogP contribution in [0.15, 0.2) is 78.9 Å². The Morgan fingerprint density at radius 3 is 2.19 bits per heavy atom. The number of carbonyl (C=O) groups is 2. The molecule has 2 amide bonds. The summed E-state index contributed by atoms with van der Waals surface area (Å²) in [5, 5.41) is 5.83. The molecule has 0 aliphatic carbocycles. The quantitative estimate of drug-likeness (QED) is 0.500.